The standard InChI is InChI=1S/C24H32FN5O/c1-17(2)27-23(31)21-16-29(14-18-6-8-19(25)9-7-18)15-20(21)22-10-11-26-24(28-22)30-12-4-3-5-13-30/h6-11,17,20-21H,3-5,12-16H2,1-2H3,(H,27,31)/t20-,21-/m0/s1. The Labute approximate surface area is 183 Å². The van der Waals surface area contributed by atoms with Crippen LogP contribution in [0, 0.1) is 11.7 Å². The molecule has 0 unspecified atom stereocenters. The molecule has 0 bridgehead atoms. The fourth-order valence-corrected chi connectivity index (χ4v) is 4.63. The van der Waals surface area contributed by atoms with Crippen LogP contribution in [-0.2, 0) is 11.3 Å². The number of aromatic nitrogens is 2. The van der Waals surface area contributed by atoms with E-state index < -0.39 is 0 Å². The van der Waals surface area contributed by atoms with E-state index in [1.807, 2.05) is 38.2 Å². The van der Waals surface area contributed by atoms with Crippen LogP contribution in [0.25, 0.3) is 0 Å². The Morgan fingerprint density at radius 2 is 1.87 bits per heavy atom. The molecule has 0 aliphatic carbocycles. The number of nitrogens with zero attached hydrogens (tertiary/aromatic N) is 4. The number of rotatable bonds is 6. The van der Waals surface area contributed by atoms with Crippen molar-refractivity contribution in [3.8, 4) is 0 Å². The third-order valence-electron chi connectivity index (χ3n) is 6.17. The van der Waals surface area contributed by atoms with Crippen LogP contribution < -0.4 is 10.2 Å². The number of benzene rings is 1. The maximum absolute atomic E-state index is 13.3. The van der Waals surface area contributed by atoms with Crippen LogP contribution in [-0.4, -0.2) is 53.0 Å². The van der Waals surface area contributed by atoms with Crippen molar-refractivity contribution in [2.75, 3.05) is 31.1 Å². The van der Waals surface area contributed by atoms with Crippen molar-refractivity contribution < 1.29 is 9.18 Å². The molecule has 0 radical (unpaired) electrons. The van der Waals surface area contributed by atoms with Gasteiger partial charge in [-0.15, -0.1) is 0 Å². The van der Waals surface area contributed by atoms with Crippen molar-refractivity contribution in [2.45, 2.75) is 51.6 Å². The molecule has 2 aliphatic heterocycles. The second-order valence-electron chi connectivity index (χ2n) is 9.03. The first-order chi connectivity index (χ1) is 15.0. The van der Waals surface area contributed by atoms with E-state index in [0.717, 1.165) is 36.8 Å². The molecule has 4 rings (SSSR count). The minimum atomic E-state index is -0.233. The van der Waals surface area contributed by atoms with Crippen molar-refractivity contribution in [1.29, 1.82) is 0 Å². The summed E-state index contributed by atoms with van der Waals surface area (Å²) in [5, 5.41) is 3.09. The Morgan fingerprint density at radius 1 is 1.13 bits per heavy atom. The zero-order valence-corrected chi connectivity index (χ0v) is 18.4. The van der Waals surface area contributed by atoms with Crippen molar-refractivity contribution in [3.05, 3.63) is 53.6 Å². The molecule has 0 spiro atoms. The number of carbonyl (C=O) groups is 1. The van der Waals surface area contributed by atoms with Crippen molar-refractivity contribution in [2.24, 2.45) is 5.92 Å². The van der Waals surface area contributed by atoms with Gasteiger partial charge in [-0.2, -0.15) is 0 Å². The molecular weight excluding hydrogens is 393 g/mol. The van der Waals surface area contributed by atoms with Crippen LogP contribution in [0.2, 0.25) is 0 Å². The largest absolute Gasteiger partial charge is 0.354 e. The van der Waals surface area contributed by atoms with E-state index >= 15 is 0 Å². The topological polar surface area (TPSA) is 61.4 Å². The molecule has 7 heteroatoms. The average Bonchev–Trinajstić information content (AvgIpc) is 3.20. The fraction of sp³-hybridized carbons (Fsp3) is 0.542. The molecule has 2 aromatic rings. The smallest absolute Gasteiger partial charge is 0.225 e. The number of piperidine rings is 1. The quantitative estimate of drug-likeness (QED) is 0.769. The average molecular weight is 426 g/mol. The van der Waals surface area contributed by atoms with Gasteiger partial charge < -0.3 is 10.2 Å². The van der Waals surface area contributed by atoms with Gasteiger partial charge in [-0.1, -0.05) is 12.1 Å². The number of nitrogens with one attached hydrogen (secondary N) is 1. The predicted octanol–water partition coefficient (Wildman–Crippen LogP) is 3.35. The number of halogens is 1. The summed E-state index contributed by atoms with van der Waals surface area (Å²) in [6, 6.07) is 8.64. The molecule has 0 saturated carbocycles. The molecule has 2 aliphatic rings. The predicted molar refractivity (Wildman–Crippen MR) is 119 cm³/mol. The van der Waals surface area contributed by atoms with Crippen molar-refractivity contribution in [1.82, 2.24) is 20.2 Å². The Hall–Kier alpha value is -2.54. The van der Waals surface area contributed by atoms with Gasteiger partial charge in [0.2, 0.25) is 11.9 Å². The van der Waals surface area contributed by atoms with Crippen LogP contribution in [0.3, 0.4) is 0 Å². The zero-order valence-electron chi connectivity index (χ0n) is 18.4. The van der Waals surface area contributed by atoms with E-state index in [1.54, 1.807) is 0 Å². The molecule has 31 heavy (non-hydrogen) atoms. The summed E-state index contributed by atoms with van der Waals surface area (Å²) in [5.41, 5.74) is 1.97. The van der Waals surface area contributed by atoms with Crippen LogP contribution in [0.1, 0.15) is 50.3 Å². The van der Waals surface area contributed by atoms with Gasteiger partial charge in [0.15, 0.2) is 0 Å². The lowest BCUT2D eigenvalue weighted by atomic mass is 9.91. The van der Waals surface area contributed by atoms with E-state index in [0.29, 0.717) is 13.1 Å². The molecule has 2 saturated heterocycles. The van der Waals surface area contributed by atoms with Crippen LogP contribution >= 0.6 is 0 Å². The summed E-state index contributed by atoms with van der Waals surface area (Å²) >= 11 is 0. The summed E-state index contributed by atoms with van der Waals surface area (Å²) in [5.74, 6) is 0.443. The highest BCUT2D eigenvalue weighted by Gasteiger charge is 2.39. The highest BCUT2D eigenvalue weighted by molar-refractivity contribution is 5.80. The molecule has 166 valence electrons. The molecule has 1 N–H and O–H groups in total. The summed E-state index contributed by atoms with van der Waals surface area (Å²) < 4.78 is 13.3. The second-order valence-corrected chi connectivity index (χ2v) is 9.03. The third-order valence-corrected chi connectivity index (χ3v) is 6.17. The molecule has 1 aromatic carbocycles. The maximum atomic E-state index is 13.3. The van der Waals surface area contributed by atoms with Gasteiger partial charge in [0.05, 0.1) is 11.6 Å². The number of hydrogen-bond acceptors (Lipinski definition) is 5. The minimum Gasteiger partial charge on any atom is -0.354 e. The van der Waals surface area contributed by atoms with Crippen LogP contribution in [0.15, 0.2) is 36.5 Å². The van der Waals surface area contributed by atoms with Gasteiger partial charge in [-0.3, -0.25) is 9.69 Å². The maximum Gasteiger partial charge on any atom is 0.225 e. The molecule has 3 heterocycles. The summed E-state index contributed by atoms with van der Waals surface area (Å²) in [6.07, 6.45) is 5.42. The van der Waals surface area contributed by atoms with Gasteiger partial charge in [-0.05, 0) is 56.9 Å². The fourth-order valence-electron chi connectivity index (χ4n) is 4.63. The van der Waals surface area contributed by atoms with E-state index in [-0.39, 0.29) is 29.6 Å². The van der Waals surface area contributed by atoms with Crippen LogP contribution in [0.5, 0.6) is 0 Å². The van der Waals surface area contributed by atoms with Gasteiger partial charge in [-0.25, -0.2) is 14.4 Å². The molecule has 1 aromatic heterocycles. The molecule has 1 amide bonds. The van der Waals surface area contributed by atoms with Gasteiger partial charge >= 0.3 is 0 Å². The monoisotopic (exact) mass is 425 g/mol. The Morgan fingerprint density at radius 3 is 2.58 bits per heavy atom. The highest BCUT2D eigenvalue weighted by atomic mass is 19.1. The van der Waals surface area contributed by atoms with Gasteiger partial charge in [0.25, 0.3) is 0 Å². The number of carbonyl (C=O) groups excluding carboxylic acids is 1. The SMILES string of the molecule is CC(C)NC(=O)[C@H]1CN(Cc2ccc(F)cc2)C[C@@H]1c1ccnc(N2CCCCC2)n1. The number of hydrogen-bond donors (Lipinski definition) is 1. The van der Waals surface area contributed by atoms with Gasteiger partial charge in [0.1, 0.15) is 5.82 Å². The van der Waals surface area contributed by atoms with E-state index in [1.165, 1.54) is 31.4 Å². The third kappa shape index (κ3) is 5.39. The molecule has 2 atom stereocenters. The number of likely N-dealkylation sites (tertiary alicyclic amines) is 1. The Bertz CT molecular complexity index is 882. The summed E-state index contributed by atoms with van der Waals surface area (Å²) in [7, 11) is 0. The number of anilines is 1. The molecule has 6 nitrogen and oxygen atoms in total. The summed E-state index contributed by atoms with van der Waals surface area (Å²) in [4.78, 5) is 27.0. The normalized spacial score (nSPS) is 22.1. The van der Waals surface area contributed by atoms with Crippen molar-refractivity contribution in [3.63, 3.8) is 0 Å². The van der Waals surface area contributed by atoms with E-state index in [9.17, 15) is 9.18 Å². The lowest BCUT2D eigenvalue weighted by Crippen LogP contribution is -2.38. The first-order valence-corrected chi connectivity index (χ1v) is 11.3. The minimum absolute atomic E-state index is 0.00531. The highest BCUT2D eigenvalue weighted by Crippen LogP contribution is 2.33. The number of amides is 1. The Kier molecular flexibility index (Phi) is 6.80. The van der Waals surface area contributed by atoms with Crippen LogP contribution in [0.4, 0.5) is 10.3 Å². The Balaban J connectivity index is 1.55. The van der Waals surface area contributed by atoms with E-state index in [2.05, 4.69) is 20.1 Å². The van der Waals surface area contributed by atoms with Gasteiger partial charge in [0, 0.05) is 50.9 Å². The first kappa shape index (κ1) is 21.7. The lowest BCUT2D eigenvalue weighted by molar-refractivity contribution is -0.125. The zero-order chi connectivity index (χ0) is 21.8. The first-order valence-electron chi connectivity index (χ1n) is 11.3. The summed E-state index contributed by atoms with van der Waals surface area (Å²) in [6.45, 7) is 8.03. The van der Waals surface area contributed by atoms with E-state index in [4.69, 9.17) is 4.98 Å². The lowest BCUT2D eigenvalue weighted by Gasteiger charge is -2.27. The van der Waals surface area contributed by atoms with Crippen molar-refractivity contribution >= 4 is 11.9 Å². The second kappa shape index (κ2) is 9.73. The molecular formula is C24H32FN5O. The molecule has 2 fully saturated rings.